The van der Waals surface area contributed by atoms with E-state index in [9.17, 15) is 8.78 Å². The Morgan fingerprint density at radius 3 is 2.66 bits per heavy atom. The van der Waals surface area contributed by atoms with Gasteiger partial charge in [-0.05, 0) is 45.7 Å². The molecule has 0 radical (unpaired) electrons. The van der Waals surface area contributed by atoms with E-state index in [1.165, 1.54) is 12.1 Å². The molecule has 35 heavy (non-hydrogen) atoms. The van der Waals surface area contributed by atoms with Crippen LogP contribution in [0.1, 0.15) is 57.4 Å². The van der Waals surface area contributed by atoms with Gasteiger partial charge >= 0.3 is 0 Å². The summed E-state index contributed by atoms with van der Waals surface area (Å²) in [6.07, 6.45) is 7.81. The summed E-state index contributed by atoms with van der Waals surface area (Å²) in [6.45, 7) is 7.14. The van der Waals surface area contributed by atoms with Crippen LogP contribution in [0, 0.1) is 11.6 Å². The molecule has 1 saturated carbocycles. The molecule has 4 heterocycles. The maximum Gasteiger partial charge on any atom is 0.228 e. The number of aromatic nitrogens is 6. The molecule has 3 aromatic heterocycles. The van der Waals surface area contributed by atoms with Crippen LogP contribution in [0.5, 0.6) is 0 Å². The summed E-state index contributed by atoms with van der Waals surface area (Å²) in [4.78, 5) is 11.6. The maximum atomic E-state index is 14.9. The second kappa shape index (κ2) is 8.37. The molecular formula is C25H27F2N7O. The van der Waals surface area contributed by atoms with E-state index in [0.717, 1.165) is 24.5 Å². The average Bonchev–Trinajstić information content (AvgIpc) is 3.38. The smallest absolute Gasteiger partial charge is 0.228 e. The summed E-state index contributed by atoms with van der Waals surface area (Å²) in [5, 5.41) is 9.76. The van der Waals surface area contributed by atoms with Gasteiger partial charge in [0, 0.05) is 42.2 Å². The first-order chi connectivity index (χ1) is 16.9. The number of morpholine rings is 1. The van der Waals surface area contributed by atoms with Crippen LogP contribution in [0.25, 0.3) is 22.3 Å². The SMILES string of the molecule is CC(C)n1cc2c(-c3ccc(F)cc3F)nc(N3C[C@@H](C)O[C@H](c4cnn(C5CC5)c4)C3)nc2n1. The number of benzene rings is 1. The molecular weight excluding hydrogens is 452 g/mol. The summed E-state index contributed by atoms with van der Waals surface area (Å²) in [6, 6.07) is 4.12. The second-order valence-corrected chi connectivity index (χ2v) is 9.76. The molecule has 0 unspecified atom stereocenters. The highest BCUT2D eigenvalue weighted by Gasteiger charge is 2.32. The van der Waals surface area contributed by atoms with Gasteiger partial charge in [0.2, 0.25) is 5.95 Å². The van der Waals surface area contributed by atoms with Gasteiger partial charge in [-0.15, -0.1) is 0 Å². The van der Waals surface area contributed by atoms with E-state index < -0.39 is 11.6 Å². The van der Waals surface area contributed by atoms with Crippen LogP contribution in [-0.4, -0.2) is 48.7 Å². The first-order valence-electron chi connectivity index (χ1n) is 12.0. The Labute approximate surface area is 201 Å². The van der Waals surface area contributed by atoms with Crippen molar-refractivity contribution < 1.29 is 13.5 Å². The molecule has 0 bridgehead atoms. The standard InChI is InChI=1S/C25H27F2N7O/c1-14(2)33-12-20-23(19-7-4-17(26)8-21(19)27)29-25(30-24(20)31-33)32-10-15(3)35-22(13-32)16-9-28-34(11-16)18-5-6-18/h4,7-9,11-12,14-15,18,22H,5-6,10,13H2,1-3H3/t15-,22+/m1/s1. The summed E-state index contributed by atoms with van der Waals surface area (Å²) in [7, 11) is 0. The van der Waals surface area contributed by atoms with E-state index >= 15 is 0 Å². The van der Waals surface area contributed by atoms with Crippen molar-refractivity contribution in [2.75, 3.05) is 18.0 Å². The molecule has 6 rings (SSSR count). The minimum atomic E-state index is -0.672. The monoisotopic (exact) mass is 479 g/mol. The molecule has 0 spiro atoms. The quantitative estimate of drug-likeness (QED) is 0.407. The van der Waals surface area contributed by atoms with Crippen molar-refractivity contribution in [3.63, 3.8) is 0 Å². The Morgan fingerprint density at radius 1 is 1.09 bits per heavy atom. The fourth-order valence-corrected chi connectivity index (χ4v) is 4.56. The first-order valence-corrected chi connectivity index (χ1v) is 12.0. The van der Waals surface area contributed by atoms with Gasteiger partial charge in [-0.2, -0.15) is 15.2 Å². The van der Waals surface area contributed by atoms with E-state index in [4.69, 9.17) is 14.7 Å². The summed E-state index contributed by atoms with van der Waals surface area (Å²) in [5.74, 6) is -0.861. The van der Waals surface area contributed by atoms with Crippen molar-refractivity contribution in [1.82, 2.24) is 29.5 Å². The predicted octanol–water partition coefficient (Wildman–Crippen LogP) is 4.85. The van der Waals surface area contributed by atoms with Crippen molar-refractivity contribution in [2.24, 2.45) is 0 Å². The van der Waals surface area contributed by atoms with Crippen LogP contribution in [0.4, 0.5) is 14.7 Å². The van der Waals surface area contributed by atoms with Gasteiger partial charge < -0.3 is 9.64 Å². The fraction of sp³-hybridized carbons (Fsp3) is 0.440. The summed E-state index contributed by atoms with van der Waals surface area (Å²) in [5.41, 5.74) is 2.10. The Bertz CT molecular complexity index is 1390. The molecule has 2 aliphatic rings. The number of rotatable bonds is 5. The third-order valence-electron chi connectivity index (χ3n) is 6.56. The van der Waals surface area contributed by atoms with Crippen molar-refractivity contribution in [1.29, 1.82) is 0 Å². The zero-order valence-corrected chi connectivity index (χ0v) is 19.9. The topological polar surface area (TPSA) is 73.9 Å². The zero-order chi connectivity index (χ0) is 24.3. The molecule has 1 saturated heterocycles. The Balaban J connectivity index is 1.41. The van der Waals surface area contributed by atoms with Gasteiger partial charge in [-0.3, -0.25) is 9.36 Å². The molecule has 1 aromatic carbocycles. The number of halogens is 2. The molecule has 2 fully saturated rings. The van der Waals surface area contributed by atoms with Gasteiger partial charge in [0.25, 0.3) is 0 Å². The van der Waals surface area contributed by atoms with Gasteiger partial charge in [-0.25, -0.2) is 13.8 Å². The largest absolute Gasteiger partial charge is 0.367 e. The molecule has 0 N–H and O–H groups in total. The van der Waals surface area contributed by atoms with E-state index in [-0.39, 0.29) is 23.8 Å². The number of hydrogen-bond donors (Lipinski definition) is 0. The number of nitrogens with zero attached hydrogens (tertiary/aromatic N) is 7. The third-order valence-corrected chi connectivity index (χ3v) is 6.56. The number of hydrogen-bond acceptors (Lipinski definition) is 6. The van der Waals surface area contributed by atoms with Gasteiger partial charge in [0.05, 0.1) is 36.0 Å². The molecule has 8 nitrogen and oxygen atoms in total. The highest BCUT2D eigenvalue weighted by atomic mass is 19.1. The van der Waals surface area contributed by atoms with Crippen molar-refractivity contribution in [2.45, 2.75) is 57.9 Å². The van der Waals surface area contributed by atoms with Gasteiger partial charge in [0.1, 0.15) is 17.7 Å². The molecule has 1 aliphatic carbocycles. The van der Waals surface area contributed by atoms with Crippen molar-refractivity contribution in [3.8, 4) is 11.3 Å². The molecule has 0 amide bonds. The molecule has 1 aliphatic heterocycles. The number of ether oxygens (including phenoxy) is 1. The zero-order valence-electron chi connectivity index (χ0n) is 19.9. The predicted molar refractivity (Wildman–Crippen MR) is 127 cm³/mol. The molecule has 2 atom stereocenters. The average molecular weight is 480 g/mol. The Morgan fingerprint density at radius 2 is 1.91 bits per heavy atom. The minimum Gasteiger partial charge on any atom is -0.367 e. The lowest BCUT2D eigenvalue weighted by Crippen LogP contribution is -2.43. The van der Waals surface area contributed by atoms with Crippen molar-refractivity contribution in [3.05, 3.63) is 54.0 Å². The molecule has 182 valence electrons. The van der Waals surface area contributed by atoms with Crippen LogP contribution in [0.3, 0.4) is 0 Å². The number of anilines is 1. The maximum absolute atomic E-state index is 14.9. The summed E-state index contributed by atoms with van der Waals surface area (Å²) < 4.78 is 38.5. The van der Waals surface area contributed by atoms with E-state index in [0.29, 0.717) is 41.8 Å². The van der Waals surface area contributed by atoms with Crippen molar-refractivity contribution >= 4 is 17.0 Å². The van der Waals surface area contributed by atoms with Crippen LogP contribution in [-0.2, 0) is 4.74 Å². The minimum absolute atomic E-state index is 0.0726. The third kappa shape index (κ3) is 4.16. The lowest BCUT2D eigenvalue weighted by Gasteiger charge is -2.36. The van der Waals surface area contributed by atoms with E-state index in [1.54, 1.807) is 4.68 Å². The normalized spacial score (nSPS) is 20.8. The lowest BCUT2D eigenvalue weighted by molar-refractivity contribution is -0.0178. The molecule has 10 heteroatoms. The van der Waals surface area contributed by atoms with Crippen LogP contribution in [0.15, 0.2) is 36.8 Å². The van der Waals surface area contributed by atoms with Crippen LogP contribution >= 0.6 is 0 Å². The van der Waals surface area contributed by atoms with Crippen LogP contribution < -0.4 is 4.90 Å². The first kappa shape index (κ1) is 22.1. The van der Waals surface area contributed by atoms with E-state index in [1.807, 2.05) is 42.7 Å². The highest BCUT2D eigenvalue weighted by molar-refractivity contribution is 5.91. The van der Waals surface area contributed by atoms with E-state index in [2.05, 4.69) is 16.4 Å². The summed E-state index contributed by atoms with van der Waals surface area (Å²) >= 11 is 0. The molecule has 4 aromatic rings. The second-order valence-electron chi connectivity index (χ2n) is 9.76. The van der Waals surface area contributed by atoms with Crippen LogP contribution in [0.2, 0.25) is 0 Å². The Kier molecular flexibility index (Phi) is 5.28. The fourth-order valence-electron chi connectivity index (χ4n) is 4.56. The Hall–Kier alpha value is -3.40. The van der Waals surface area contributed by atoms with Gasteiger partial charge in [0.15, 0.2) is 5.65 Å². The highest BCUT2D eigenvalue weighted by Crippen LogP contribution is 2.36. The lowest BCUT2D eigenvalue weighted by atomic mass is 10.1. The number of fused-ring (bicyclic) bond motifs is 1. The van der Waals surface area contributed by atoms with Gasteiger partial charge in [-0.1, -0.05) is 0 Å².